The number of methoxy groups -OCH3 is 2. The average Bonchev–Trinajstić information content (AvgIpc) is 3.08. The summed E-state index contributed by atoms with van der Waals surface area (Å²) in [6.07, 6.45) is 7.05. The number of ether oxygens (including phenoxy) is 2. The molecular formula is C16H22O4. The van der Waals surface area contributed by atoms with Crippen LogP contribution < -0.4 is 0 Å². The van der Waals surface area contributed by atoms with Crippen molar-refractivity contribution in [2.24, 2.45) is 17.3 Å². The summed E-state index contributed by atoms with van der Waals surface area (Å²) in [4.78, 5) is 24.4. The highest BCUT2D eigenvalue weighted by molar-refractivity contribution is 6.01. The summed E-state index contributed by atoms with van der Waals surface area (Å²) >= 11 is 0. The first-order chi connectivity index (χ1) is 9.62. The summed E-state index contributed by atoms with van der Waals surface area (Å²) in [7, 11) is 2.70. The summed E-state index contributed by atoms with van der Waals surface area (Å²) in [6.45, 7) is 0. The second-order valence-electron chi connectivity index (χ2n) is 6.38. The molecule has 2 atom stereocenters. The summed E-state index contributed by atoms with van der Waals surface area (Å²) < 4.78 is 9.82. The van der Waals surface area contributed by atoms with E-state index in [-0.39, 0.29) is 0 Å². The number of carbonyl (C=O) groups excluding carboxylic acids is 2. The van der Waals surface area contributed by atoms with Crippen molar-refractivity contribution in [3.05, 3.63) is 11.1 Å². The Kier molecular flexibility index (Phi) is 3.35. The van der Waals surface area contributed by atoms with Gasteiger partial charge in [-0.3, -0.25) is 9.59 Å². The van der Waals surface area contributed by atoms with E-state index in [4.69, 9.17) is 9.47 Å². The number of hydrogen-bond acceptors (Lipinski definition) is 4. The number of rotatable bonds is 2. The maximum absolute atomic E-state index is 12.2. The Bertz CT molecular complexity index is 461. The Morgan fingerprint density at radius 2 is 1.75 bits per heavy atom. The van der Waals surface area contributed by atoms with Gasteiger partial charge < -0.3 is 9.47 Å². The van der Waals surface area contributed by atoms with Gasteiger partial charge in [0.2, 0.25) is 0 Å². The van der Waals surface area contributed by atoms with Gasteiger partial charge in [0.05, 0.1) is 14.2 Å². The molecule has 0 spiro atoms. The lowest BCUT2D eigenvalue weighted by atomic mass is 9.77. The van der Waals surface area contributed by atoms with E-state index in [2.05, 4.69) is 0 Å². The van der Waals surface area contributed by atoms with E-state index in [1.807, 2.05) is 0 Å². The van der Waals surface area contributed by atoms with Gasteiger partial charge in [-0.1, -0.05) is 17.6 Å². The molecule has 0 heterocycles. The van der Waals surface area contributed by atoms with Gasteiger partial charge in [0.25, 0.3) is 0 Å². The molecule has 110 valence electrons. The van der Waals surface area contributed by atoms with Crippen LogP contribution in [0, 0.1) is 17.3 Å². The first-order valence-electron chi connectivity index (χ1n) is 7.50. The van der Waals surface area contributed by atoms with Gasteiger partial charge in [-0.2, -0.15) is 0 Å². The Balaban J connectivity index is 1.92. The molecule has 3 aliphatic rings. The van der Waals surface area contributed by atoms with Gasteiger partial charge in [0, 0.05) is 0 Å². The molecular weight excluding hydrogens is 256 g/mol. The SMILES string of the molecule is COC(=O)C1(C(=O)OC)CC2=C(C1)[C@@H]1CCC[C@@H]1CC2. The molecule has 0 amide bonds. The number of fused-ring (bicyclic) bond motifs is 2. The fraction of sp³-hybridized carbons (Fsp3) is 0.750. The predicted octanol–water partition coefficient (Wildman–Crippen LogP) is 2.62. The molecule has 4 nitrogen and oxygen atoms in total. The van der Waals surface area contributed by atoms with Crippen LogP contribution in [-0.2, 0) is 19.1 Å². The molecule has 1 fully saturated rings. The van der Waals surface area contributed by atoms with Crippen LogP contribution in [0.2, 0.25) is 0 Å². The summed E-state index contributed by atoms with van der Waals surface area (Å²) in [5.74, 6) is 0.483. The molecule has 3 aliphatic carbocycles. The molecule has 0 aromatic carbocycles. The largest absolute Gasteiger partial charge is 0.468 e. The smallest absolute Gasteiger partial charge is 0.323 e. The Morgan fingerprint density at radius 3 is 2.40 bits per heavy atom. The van der Waals surface area contributed by atoms with E-state index < -0.39 is 17.4 Å². The van der Waals surface area contributed by atoms with Crippen molar-refractivity contribution in [3.8, 4) is 0 Å². The lowest BCUT2D eigenvalue weighted by Gasteiger charge is -2.28. The van der Waals surface area contributed by atoms with E-state index >= 15 is 0 Å². The van der Waals surface area contributed by atoms with Crippen molar-refractivity contribution in [3.63, 3.8) is 0 Å². The molecule has 0 saturated heterocycles. The van der Waals surface area contributed by atoms with E-state index in [0.717, 1.165) is 12.3 Å². The average molecular weight is 278 g/mol. The Labute approximate surface area is 119 Å². The highest BCUT2D eigenvalue weighted by atomic mass is 16.5. The second kappa shape index (κ2) is 4.90. The van der Waals surface area contributed by atoms with Crippen LogP contribution in [0.5, 0.6) is 0 Å². The number of allylic oxidation sites excluding steroid dienone is 2. The molecule has 0 N–H and O–H groups in total. The minimum absolute atomic E-state index is 0.437. The molecule has 0 radical (unpaired) electrons. The van der Waals surface area contributed by atoms with Crippen LogP contribution in [0.15, 0.2) is 11.1 Å². The summed E-state index contributed by atoms with van der Waals surface area (Å²) in [5, 5.41) is 0. The van der Waals surface area contributed by atoms with Crippen LogP contribution in [0.25, 0.3) is 0 Å². The molecule has 0 aromatic rings. The van der Waals surface area contributed by atoms with Gasteiger partial charge in [-0.25, -0.2) is 0 Å². The number of hydrogen-bond donors (Lipinski definition) is 0. The summed E-state index contributed by atoms with van der Waals surface area (Å²) in [6, 6.07) is 0. The number of esters is 2. The maximum Gasteiger partial charge on any atom is 0.323 e. The molecule has 1 saturated carbocycles. The molecule has 0 aliphatic heterocycles. The number of carbonyl (C=O) groups is 2. The van der Waals surface area contributed by atoms with Crippen molar-refractivity contribution < 1.29 is 19.1 Å². The lowest BCUT2D eigenvalue weighted by Crippen LogP contribution is -2.39. The first kappa shape index (κ1) is 13.7. The zero-order chi connectivity index (χ0) is 14.3. The van der Waals surface area contributed by atoms with Crippen LogP contribution in [0.4, 0.5) is 0 Å². The molecule has 3 rings (SSSR count). The van der Waals surface area contributed by atoms with E-state index in [9.17, 15) is 9.59 Å². The van der Waals surface area contributed by atoms with Gasteiger partial charge in [0.1, 0.15) is 0 Å². The van der Waals surface area contributed by atoms with Crippen molar-refractivity contribution in [2.75, 3.05) is 14.2 Å². The van der Waals surface area contributed by atoms with E-state index in [1.54, 1.807) is 0 Å². The van der Waals surface area contributed by atoms with E-state index in [0.29, 0.717) is 18.8 Å². The van der Waals surface area contributed by atoms with Crippen LogP contribution in [0.3, 0.4) is 0 Å². The first-order valence-corrected chi connectivity index (χ1v) is 7.50. The normalized spacial score (nSPS) is 30.7. The van der Waals surface area contributed by atoms with Crippen molar-refractivity contribution >= 4 is 11.9 Å². The highest BCUT2D eigenvalue weighted by Gasteiger charge is 2.55. The van der Waals surface area contributed by atoms with Crippen molar-refractivity contribution in [2.45, 2.75) is 44.9 Å². The van der Waals surface area contributed by atoms with Gasteiger partial charge in [-0.15, -0.1) is 0 Å². The van der Waals surface area contributed by atoms with Gasteiger partial charge in [-0.05, 0) is 50.4 Å². The van der Waals surface area contributed by atoms with Crippen molar-refractivity contribution in [1.82, 2.24) is 0 Å². The third-order valence-corrected chi connectivity index (χ3v) is 5.54. The molecule has 0 unspecified atom stereocenters. The monoisotopic (exact) mass is 278 g/mol. The third kappa shape index (κ3) is 1.80. The summed E-state index contributed by atoms with van der Waals surface area (Å²) in [5.41, 5.74) is 1.59. The zero-order valence-corrected chi connectivity index (χ0v) is 12.2. The zero-order valence-electron chi connectivity index (χ0n) is 12.2. The van der Waals surface area contributed by atoms with Crippen LogP contribution in [-0.4, -0.2) is 26.2 Å². The molecule has 0 aromatic heterocycles. The standard InChI is InChI=1S/C16H22O4/c1-19-14(17)16(15(18)20-2)8-11-7-6-10-4-3-5-12(10)13(11)9-16/h10,12H,3-9H2,1-2H3/t10-,12-/m1/s1. The quantitative estimate of drug-likeness (QED) is 0.442. The lowest BCUT2D eigenvalue weighted by molar-refractivity contribution is -0.168. The molecule has 0 bridgehead atoms. The third-order valence-electron chi connectivity index (χ3n) is 5.54. The molecule has 4 heteroatoms. The van der Waals surface area contributed by atoms with Crippen LogP contribution in [0.1, 0.15) is 44.9 Å². The predicted molar refractivity (Wildman–Crippen MR) is 72.8 cm³/mol. The van der Waals surface area contributed by atoms with Crippen LogP contribution >= 0.6 is 0 Å². The maximum atomic E-state index is 12.2. The van der Waals surface area contributed by atoms with E-state index in [1.165, 1.54) is 51.0 Å². The molecule has 20 heavy (non-hydrogen) atoms. The Hall–Kier alpha value is -1.32. The second-order valence-corrected chi connectivity index (χ2v) is 6.38. The van der Waals surface area contributed by atoms with Gasteiger partial charge >= 0.3 is 11.9 Å². The topological polar surface area (TPSA) is 52.6 Å². The minimum Gasteiger partial charge on any atom is -0.468 e. The van der Waals surface area contributed by atoms with Gasteiger partial charge in [0.15, 0.2) is 5.41 Å². The minimum atomic E-state index is -1.11. The highest BCUT2D eigenvalue weighted by Crippen LogP contribution is 2.56. The fourth-order valence-corrected chi connectivity index (χ4v) is 4.60. The van der Waals surface area contributed by atoms with Crippen molar-refractivity contribution in [1.29, 1.82) is 0 Å². The fourth-order valence-electron chi connectivity index (χ4n) is 4.60. The Morgan fingerprint density at radius 1 is 1.05 bits per heavy atom.